The van der Waals surface area contributed by atoms with E-state index in [2.05, 4.69) is 46.2 Å². The molecule has 0 aromatic heterocycles. The van der Waals surface area contributed by atoms with Gasteiger partial charge in [0.05, 0.1) is 13.7 Å². The number of benzene rings is 1. The monoisotopic (exact) mass is 514 g/mol. The molecule has 0 aliphatic heterocycles. The molecule has 6 nitrogen and oxygen atoms in total. The molecule has 0 saturated heterocycles. The first-order valence-electron chi connectivity index (χ1n) is 9.25. The minimum Gasteiger partial charge on any atom is -0.497 e. The molecule has 0 spiro atoms. The molecule has 162 valence electrons. The Morgan fingerprint density at radius 3 is 2.54 bits per heavy atom. The lowest BCUT2D eigenvalue weighted by atomic mass is 10.2. The fourth-order valence-electron chi connectivity index (χ4n) is 2.41. The van der Waals surface area contributed by atoms with Crippen molar-refractivity contribution in [1.29, 1.82) is 0 Å². The number of nitrogens with one attached hydrogen (secondary N) is 2. The fourth-order valence-corrected chi connectivity index (χ4v) is 2.41. The maximum atomic E-state index is 12.6. The van der Waals surface area contributed by atoms with Crippen molar-refractivity contribution in [2.75, 3.05) is 33.8 Å². The average Bonchev–Trinajstić information content (AvgIpc) is 2.65. The van der Waals surface area contributed by atoms with Crippen LogP contribution in [-0.2, 0) is 6.54 Å². The standard InChI is InChI=1S/C19H32F2N4O2.HI/c1-6-14(3)25(4)11-10-23-19(22-7-2)24-13-15-12-16(26-5)8-9-17(15)27-18(20)21;/h8-9,12,14,18H,6-7,10-11,13H2,1-5H3,(H2,22,23,24);1H. The number of aliphatic imine (C=N–C) groups is 1. The highest BCUT2D eigenvalue weighted by molar-refractivity contribution is 14.0. The topological polar surface area (TPSA) is 58.1 Å². The SMILES string of the molecule is CCNC(=NCc1cc(OC)ccc1OC(F)F)NCCN(C)C(C)CC.I. The van der Waals surface area contributed by atoms with Crippen molar-refractivity contribution in [2.24, 2.45) is 4.99 Å². The number of methoxy groups -OCH3 is 1. The van der Waals surface area contributed by atoms with Crippen LogP contribution in [0.4, 0.5) is 8.78 Å². The van der Waals surface area contributed by atoms with Crippen LogP contribution in [0.15, 0.2) is 23.2 Å². The second kappa shape index (κ2) is 14.6. The van der Waals surface area contributed by atoms with Crippen LogP contribution in [0.25, 0.3) is 0 Å². The van der Waals surface area contributed by atoms with Gasteiger partial charge in [-0.3, -0.25) is 0 Å². The van der Waals surface area contributed by atoms with Crippen LogP contribution in [0, 0.1) is 0 Å². The maximum Gasteiger partial charge on any atom is 0.387 e. The summed E-state index contributed by atoms with van der Waals surface area (Å²) in [5.74, 6) is 1.29. The Balaban J connectivity index is 0.00000729. The van der Waals surface area contributed by atoms with Gasteiger partial charge in [0.15, 0.2) is 5.96 Å². The van der Waals surface area contributed by atoms with Crippen LogP contribution >= 0.6 is 24.0 Å². The molecule has 9 heteroatoms. The number of hydrogen-bond donors (Lipinski definition) is 2. The van der Waals surface area contributed by atoms with E-state index in [0.29, 0.717) is 29.9 Å². The Labute approximate surface area is 184 Å². The number of hydrogen-bond acceptors (Lipinski definition) is 4. The summed E-state index contributed by atoms with van der Waals surface area (Å²) in [5.41, 5.74) is 0.531. The van der Waals surface area contributed by atoms with Gasteiger partial charge >= 0.3 is 6.61 Å². The summed E-state index contributed by atoms with van der Waals surface area (Å²) in [6.07, 6.45) is 1.09. The van der Waals surface area contributed by atoms with Gasteiger partial charge in [-0.15, -0.1) is 24.0 Å². The van der Waals surface area contributed by atoms with Crippen molar-refractivity contribution >= 4 is 29.9 Å². The van der Waals surface area contributed by atoms with E-state index in [-0.39, 0.29) is 36.3 Å². The summed E-state index contributed by atoms with van der Waals surface area (Å²) in [5, 5.41) is 6.43. The van der Waals surface area contributed by atoms with Gasteiger partial charge in [0, 0.05) is 31.2 Å². The van der Waals surface area contributed by atoms with Gasteiger partial charge in [0.1, 0.15) is 11.5 Å². The molecule has 2 N–H and O–H groups in total. The van der Waals surface area contributed by atoms with E-state index in [9.17, 15) is 8.78 Å². The fraction of sp³-hybridized carbons (Fsp3) is 0.632. The summed E-state index contributed by atoms with van der Waals surface area (Å²) in [7, 11) is 3.61. The normalized spacial score (nSPS) is 12.5. The van der Waals surface area contributed by atoms with Crippen molar-refractivity contribution in [3.8, 4) is 11.5 Å². The predicted octanol–water partition coefficient (Wildman–Crippen LogP) is 3.70. The first-order valence-corrected chi connectivity index (χ1v) is 9.25. The molecule has 0 aliphatic rings. The highest BCUT2D eigenvalue weighted by Crippen LogP contribution is 2.26. The van der Waals surface area contributed by atoms with E-state index in [1.165, 1.54) is 13.2 Å². The van der Waals surface area contributed by atoms with Gasteiger partial charge in [0.25, 0.3) is 0 Å². The molecular weight excluding hydrogens is 481 g/mol. The number of rotatable bonds is 11. The minimum atomic E-state index is -2.89. The second-order valence-corrected chi connectivity index (χ2v) is 6.21. The average molecular weight is 514 g/mol. The molecule has 0 fully saturated rings. The van der Waals surface area contributed by atoms with Crippen molar-refractivity contribution in [2.45, 2.75) is 46.4 Å². The number of halogens is 3. The number of nitrogens with zero attached hydrogens (tertiary/aromatic N) is 2. The van der Waals surface area contributed by atoms with Crippen LogP contribution in [0.2, 0.25) is 0 Å². The molecule has 1 aromatic carbocycles. The largest absolute Gasteiger partial charge is 0.497 e. The highest BCUT2D eigenvalue weighted by atomic mass is 127. The van der Waals surface area contributed by atoms with Crippen LogP contribution in [0.3, 0.4) is 0 Å². The summed E-state index contributed by atoms with van der Waals surface area (Å²) >= 11 is 0. The lowest BCUT2D eigenvalue weighted by molar-refractivity contribution is -0.0504. The van der Waals surface area contributed by atoms with Crippen molar-refractivity contribution < 1.29 is 18.3 Å². The number of alkyl halides is 2. The molecule has 1 aromatic rings. The van der Waals surface area contributed by atoms with E-state index in [1.807, 2.05) is 6.92 Å². The lowest BCUT2D eigenvalue weighted by Crippen LogP contribution is -2.42. The third-order valence-electron chi connectivity index (χ3n) is 4.34. The van der Waals surface area contributed by atoms with Gasteiger partial charge in [-0.2, -0.15) is 8.78 Å². The Hall–Kier alpha value is -1.36. The maximum absolute atomic E-state index is 12.6. The third kappa shape index (κ3) is 9.72. The molecule has 0 heterocycles. The van der Waals surface area contributed by atoms with Gasteiger partial charge in [-0.05, 0) is 45.5 Å². The summed E-state index contributed by atoms with van der Waals surface area (Å²) < 4.78 is 35.0. The summed E-state index contributed by atoms with van der Waals surface area (Å²) in [6, 6.07) is 5.22. The van der Waals surface area contributed by atoms with E-state index < -0.39 is 6.61 Å². The molecule has 0 saturated carbocycles. The highest BCUT2D eigenvalue weighted by Gasteiger charge is 2.11. The Bertz CT molecular complexity index is 591. The van der Waals surface area contributed by atoms with E-state index in [0.717, 1.165) is 19.5 Å². The molecule has 0 amide bonds. The number of guanidine groups is 1. The first-order chi connectivity index (χ1) is 12.9. The Morgan fingerprint density at radius 1 is 1.25 bits per heavy atom. The summed E-state index contributed by atoms with van der Waals surface area (Å²) in [6.45, 7) is 5.92. The molecular formula is C19H33F2IN4O2. The predicted molar refractivity (Wildman–Crippen MR) is 120 cm³/mol. The van der Waals surface area contributed by atoms with Gasteiger partial charge < -0.3 is 25.0 Å². The first kappa shape index (κ1) is 26.6. The second-order valence-electron chi connectivity index (χ2n) is 6.21. The molecule has 1 unspecified atom stereocenters. The molecule has 0 aliphatic carbocycles. The third-order valence-corrected chi connectivity index (χ3v) is 4.34. The van der Waals surface area contributed by atoms with Gasteiger partial charge in [-0.1, -0.05) is 6.92 Å². The summed E-state index contributed by atoms with van der Waals surface area (Å²) in [4.78, 5) is 6.76. The molecule has 1 atom stereocenters. The minimum absolute atomic E-state index is 0. The quantitative estimate of drug-likeness (QED) is 0.268. The van der Waals surface area contributed by atoms with Crippen molar-refractivity contribution in [3.63, 3.8) is 0 Å². The Kier molecular flexibility index (Phi) is 13.9. The van der Waals surface area contributed by atoms with Crippen molar-refractivity contribution in [3.05, 3.63) is 23.8 Å². The lowest BCUT2D eigenvalue weighted by Gasteiger charge is -2.24. The van der Waals surface area contributed by atoms with E-state index in [4.69, 9.17) is 4.74 Å². The van der Waals surface area contributed by atoms with Gasteiger partial charge in [0.2, 0.25) is 0 Å². The number of likely N-dealkylation sites (N-methyl/N-ethyl adjacent to an activating group) is 1. The van der Waals surface area contributed by atoms with E-state index in [1.54, 1.807) is 12.1 Å². The Morgan fingerprint density at radius 2 is 1.96 bits per heavy atom. The number of ether oxygens (including phenoxy) is 2. The zero-order valence-corrected chi connectivity index (χ0v) is 19.6. The smallest absolute Gasteiger partial charge is 0.387 e. The van der Waals surface area contributed by atoms with Crippen LogP contribution in [-0.4, -0.2) is 57.3 Å². The van der Waals surface area contributed by atoms with Gasteiger partial charge in [-0.25, -0.2) is 4.99 Å². The zero-order chi connectivity index (χ0) is 20.2. The van der Waals surface area contributed by atoms with E-state index >= 15 is 0 Å². The molecule has 1 rings (SSSR count). The van der Waals surface area contributed by atoms with Crippen LogP contribution in [0.1, 0.15) is 32.8 Å². The van der Waals surface area contributed by atoms with Crippen LogP contribution in [0.5, 0.6) is 11.5 Å². The molecule has 28 heavy (non-hydrogen) atoms. The van der Waals surface area contributed by atoms with Crippen LogP contribution < -0.4 is 20.1 Å². The molecule has 0 bridgehead atoms. The van der Waals surface area contributed by atoms with Crippen molar-refractivity contribution in [1.82, 2.24) is 15.5 Å². The molecule has 0 radical (unpaired) electrons. The zero-order valence-electron chi connectivity index (χ0n) is 17.3.